The number of carboxylic acid groups (broad SMARTS) is 1. The molecule has 2 atom stereocenters. The number of carboxylic acids is 1. The molecule has 280 valence electrons. The fourth-order valence-corrected chi connectivity index (χ4v) is 11.3. The molecule has 2 aliphatic heterocycles. The van der Waals surface area contributed by atoms with Crippen LogP contribution in [0.15, 0.2) is 48.5 Å². The van der Waals surface area contributed by atoms with Crippen LogP contribution in [-0.2, 0) is 16.1 Å². The second kappa shape index (κ2) is 15.2. The summed E-state index contributed by atoms with van der Waals surface area (Å²) in [5.74, 6) is 4.51. The Morgan fingerprint density at radius 3 is 2.25 bits per heavy atom. The Balaban J connectivity index is 0.784. The number of hydrogen-bond acceptors (Lipinski definition) is 5. The van der Waals surface area contributed by atoms with Crippen molar-refractivity contribution in [3.05, 3.63) is 70.9 Å². The lowest BCUT2D eigenvalue weighted by Crippen LogP contribution is -2.48. The Morgan fingerprint density at radius 2 is 1.57 bits per heavy atom. The van der Waals surface area contributed by atoms with Crippen LogP contribution in [0.2, 0.25) is 0 Å². The molecule has 5 fully saturated rings. The van der Waals surface area contributed by atoms with Crippen LogP contribution in [-0.4, -0.2) is 87.9 Å². The van der Waals surface area contributed by atoms with Crippen LogP contribution in [0.3, 0.4) is 0 Å². The maximum atomic E-state index is 13.6. The summed E-state index contributed by atoms with van der Waals surface area (Å²) < 4.78 is 0. The van der Waals surface area contributed by atoms with E-state index in [-0.39, 0.29) is 11.8 Å². The summed E-state index contributed by atoms with van der Waals surface area (Å²) >= 11 is 0. The van der Waals surface area contributed by atoms with E-state index in [1.807, 2.05) is 53.4 Å². The largest absolute Gasteiger partial charge is 0.480 e. The number of hydrogen-bond donors (Lipinski definition) is 3. The topological polar surface area (TPSA) is 109 Å². The molecule has 53 heavy (non-hydrogen) atoms. The zero-order valence-electron chi connectivity index (χ0n) is 31.2. The summed E-state index contributed by atoms with van der Waals surface area (Å²) in [5.41, 5.74) is 4.74. The van der Waals surface area contributed by atoms with Crippen molar-refractivity contribution in [3.63, 3.8) is 0 Å². The number of unbranched alkanes of at least 4 members (excludes halogenated alkanes) is 3. The van der Waals surface area contributed by atoms with Crippen molar-refractivity contribution in [2.45, 2.75) is 96.1 Å². The quantitative estimate of drug-likeness (QED) is 0.144. The van der Waals surface area contributed by atoms with Crippen molar-refractivity contribution >= 4 is 28.7 Å². The van der Waals surface area contributed by atoms with E-state index in [1.54, 1.807) is 11.8 Å². The summed E-state index contributed by atoms with van der Waals surface area (Å²) in [6.45, 7) is 7.09. The van der Waals surface area contributed by atoms with Crippen LogP contribution in [0.5, 0.6) is 0 Å². The van der Waals surface area contributed by atoms with E-state index in [0.717, 1.165) is 104 Å². The number of aromatic amines is 1. The zero-order valence-corrected chi connectivity index (χ0v) is 31.2. The molecule has 3 heterocycles. The van der Waals surface area contributed by atoms with Gasteiger partial charge < -0.3 is 25.2 Å². The summed E-state index contributed by atoms with van der Waals surface area (Å²) in [5, 5.41) is 14.7. The van der Waals surface area contributed by atoms with Crippen molar-refractivity contribution < 1.29 is 19.5 Å². The highest BCUT2D eigenvalue weighted by atomic mass is 16.4. The van der Waals surface area contributed by atoms with Crippen molar-refractivity contribution in [2.24, 2.45) is 23.2 Å². The fraction of sp³-hybridized carbons (Fsp3) is 0.568. The number of carbonyl (C=O) groups is 3. The van der Waals surface area contributed by atoms with Crippen LogP contribution >= 0.6 is 0 Å². The molecule has 4 bridgehead atoms. The SMILES string of the molecule is CC#CN1Cc2[nH]c3ccccc3c2C(c2ccc(C(=O)N3CCN(CCCCCCNC(=O)CC45CC6CC(CC(C6)C4)C5)CC3)cc2)C1C(=O)O. The molecule has 6 aliphatic rings. The number of piperazine rings is 1. The minimum atomic E-state index is -0.919. The summed E-state index contributed by atoms with van der Waals surface area (Å²) in [4.78, 5) is 48.8. The predicted molar refractivity (Wildman–Crippen MR) is 206 cm³/mol. The van der Waals surface area contributed by atoms with Gasteiger partial charge in [-0.1, -0.05) is 49.1 Å². The lowest BCUT2D eigenvalue weighted by molar-refractivity contribution is -0.143. The first-order chi connectivity index (χ1) is 25.8. The summed E-state index contributed by atoms with van der Waals surface area (Å²) in [7, 11) is 0. The number of amides is 2. The molecular formula is C44H55N5O4. The Kier molecular flexibility index (Phi) is 10.3. The highest BCUT2D eigenvalue weighted by Crippen LogP contribution is 2.61. The molecule has 0 radical (unpaired) electrons. The number of para-hydroxylation sites is 1. The fourth-order valence-electron chi connectivity index (χ4n) is 11.3. The van der Waals surface area contributed by atoms with Crippen LogP contribution in [0.1, 0.15) is 111 Å². The van der Waals surface area contributed by atoms with Gasteiger partial charge in [-0.2, -0.15) is 0 Å². The first-order valence-electron chi connectivity index (χ1n) is 20.2. The second-order valence-corrected chi connectivity index (χ2v) is 16.9. The third kappa shape index (κ3) is 7.45. The maximum absolute atomic E-state index is 13.6. The van der Waals surface area contributed by atoms with Gasteiger partial charge >= 0.3 is 5.97 Å². The van der Waals surface area contributed by atoms with Gasteiger partial charge in [0, 0.05) is 73.3 Å². The number of nitrogens with one attached hydrogen (secondary N) is 2. The van der Waals surface area contributed by atoms with Crippen molar-refractivity contribution in [1.29, 1.82) is 0 Å². The van der Waals surface area contributed by atoms with E-state index < -0.39 is 17.9 Å². The van der Waals surface area contributed by atoms with Crippen LogP contribution in [0.25, 0.3) is 10.9 Å². The monoisotopic (exact) mass is 717 g/mol. The van der Waals surface area contributed by atoms with Crippen molar-refractivity contribution in [2.75, 3.05) is 39.3 Å². The second-order valence-electron chi connectivity index (χ2n) is 16.9. The number of nitrogens with zero attached hydrogens (tertiary/aromatic N) is 3. The normalized spacial score (nSPS) is 27.7. The molecule has 2 aromatic carbocycles. The van der Waals surface area contributed by atoms with Gasteiger partial charge in [0.1, 0.15) is 6.04 Å². The van der Waals surface area contributed by atoms with Gasteiger partial charge in [0.2, 0.25) is 5.91 Å². The van der Waals surface area contributed by atoms with Gasteiger partial charge in [0.25, 0.3) is 5.91 Å². The minimum Gasteiger partial charge on any atom is -0.480 e. The molecule has 0 spiro atoms. The standard InChI is InChI=1S/C44H55N5O4/c1-2-16-49-29-37-40(35-9-5-6-10-36(35)46-37)39(41(49)43(52)53)33-11-13-34(14-12-33)42(51)48-20-18-47(19-21-48)17-8-4-3-7-15-45-38(50)28-44-25-30-22-31(26-44)24-32(23-30)27-44/h5-6,9-14,30-32,39,41,46H,3-4,7-8,15,17-29H2,1H3,(H,45,50)(H,52,53). The Morgan fingerprint density at radius 1 is 0.887 bits per heavy atom. The minimum absolute atomic E-state index is 0.0196. The van der Waals surface area contributed by atoms with E-state index in [0.29, 0.717) is 30.6 Å². The average Bonchev–Trinajstić information content (AvgIpc) is 3.51. The smallest absolute Gasteiger partial charge is 0.328 e. The van der Waals surface area contributed by atoms with Gasteiger partial charge in [-0.05, 0) is 117 Å². The van der Waals surface area contributed by atoms with Crippen LogP contribution in [0.4, 0.5) is 0 Å². The molecule has 1 saturated heterocycles. The molecule has 9 rings (SSSR count). The first kappa shape index (κ1) is 35.7. The van der Waals surface area contributed by atoms with E-state index in [9.17, 15) is 19.5 Å². The van der Waals surface area contributed by atoms with E-state index in [2.05, 4.69) is 27.2 Å². The number of benzene rings is 2. The molecule has 2 amide bonds. The van der Waals surface area contributed by atoms with Crippen molar-refractivity contribution in [1.82, 2.24) is 25.0 Å². The average molecular weight is 718 g/mol. The Labute approximate surface area is 313 Å². The lowest BCUT2D eigenvalue weighted by Gasteiger charge is -2.56. The zero-order chi connectivity index (χ0) is 36.5. The van der Waals surface area contributed by atoms with Gasteiger partial charge in [-0.15, -0.1) is 0 Å². The van der Waals surface area contributed by atoms with Crippen LogP contribution in [0, 0.1) is 35.1 Å². The lowest BCUT2D eigenvalue weighted by atomic mass is 9.49. The van der Waals surface area contributed by atoms with Crippen molar-refractivity contribution in [3.8, 4) is 12.0 Å². The molecule has 9 nitrogen and oxygen atoms in total. The Hall–Kier alpha value is -4.29. The van der Waals surface area contributed by atoms with E-state index in [1.165, 1.54) is 38.5 Å². The number of fused-ring (bicyclic) bond motifs is 3. The first-order valence-corrected chi connectivity index (χ1v) is 20.2. The molecule has 3 aromatic rings. The molecule has 2 unspecified atom stereocenters. The highest BCUT2D eigenvalue weighted by molar-refractivity contribution is 5.94. The molecule has 9 heteroatoms. The van der Waals surface area contributed by atoms with Gasteiger partial charge in [0.15, 0.2) is 0 Å². The molecular weight excluding hydrogens is 663 g/mol. The third-order valence-corrected chi connectivity index (χ3v) is 13.2. The number of H-pyrrole nitrogens is 1. The molecule has 3 N–H and O–H groups in total. The highest BCUT2D eigenvalue weighted by Gasteiger charge is 2.51. The number of carbonyl (C=O) groups excluding carboxylic acids is 2. The van der Waals surface area contributed by atoms with Gasteiger partial charge in [-0.25, -0.2) is 4.79 Å². The summed E-state index contributed by atoms with van der Waals surface area (Å²) in [6, 6.07) is 17.7. The molecule has 1 aromatic heterocycles. The summed E-state index contributed by atoms with van der Waals surface area (Å²) in [6.07, 6.45) is 13.4. The van der Waals surface area contributed by atoms with Crippen LogP contribution < -0.4 is 5.32 Å². The number of aromatic nitrogens is 1. The number of rotatable bonds is 12. The maximum Gasteiger partial charge on any atom is 0.328 e. The third-order valence-electron chi connectivity index (χ3n) is 13.2. The Bertz CT molecular complexity index is 1850. The molecule has 4 saturated carbocycles. The predicted octanol–water partition coefficient (Wildman–Crippen LogP) is 6.59. The van der Waals surface area contributed by atoms with Gasteiger partial charge in [-0.3, -0.25) is 14.5 Å². The number of aliphatic carboxylic acids is 1. The van der Waals surface area contributed by atoms with E-state index >= 15 is 0 Å². The van der Waals surface area contributed by atoms with Gasteiger partial charge in [0.05, 0.1) is 6.54 Å². The van der Waals surface area contributed by atoms with E-state index in [4.69, 9.17) is 0 Å². The molecule has 4 aliphatic carbocycles.